The van der Waals surface area contributed by atoms with Crippen molar-refractivity contribution in [1.82, 2.24) is 4.57 Å². The largest absolute Gasteiger partial charge is 0.493 e. The average Bonchev–Trinajstić information content (AvgIpc) is 3.41. The van der Waals surface area contributed by atoms with E-state index in [4.69, 9.17) is 14.2 Å². The van der Waals surface area contributed by atoms with Gasteiger partial charge in [0, 0.05) is 10.4 Å². The molecule has 2 aromatic heterocycles. The quantitative estimate of drug-likeness (QED) is 0.502. The summed E-state index contributed by atoms with van der Waals surface area (Å²) in [6.45, 7) is 5.37. The SMILES string of the molecule is COc1cccc(C=c2sc3n(c2=O)C(c2cccs2)C(C(=O)OC(C)C)=C(C)N=3)c1OC. The van der Waals surface area contributed by atoms with Gasteiger partial charge in [0.2, 0.25) is 0 Å². The van der Waals surface area contributed by atoms with Crippen LogP contribution in [0.4, 0.5) is 0 Å². The second-order valence-electron chi connectivity index (χ2n) is 7.63. The summed E-state index contributed by atoms with van der Waals surface area (Å²) in [4.78, 5) is 32.6. The number of allylic oxidation sites excluding steroid dienone is 1. The number of nitrogens with zero attached hydrogens (tertiary/aromatic N) is 2. The van der Waals surface area contributed by atoms with Gasteiger partial charge in [-0.1, -0.05) is 29.5 Å². The number of rotatable bonds is 6. The number of thiazole rings is 1. The number of para-hydroxylation sites is 1. The number of hydrogen-bond acceptors (Lipinski definition) is 8. The van der Waals surface area contributed by atoms with Crippen LogP contribution in [0.25, 0.3) is 6.08 Å². The Morgan fingerprint density at radius 2 is 1.97 bits per heavy atom. The number of hydrogen-bond donors (Lipinski definition) is 0. The maximum absolute atomic E-state index is 13.6. The van der Waals surface area contributed by atoms with Gasteiger partial charge in [0.25, 0.3) is 5.56 Å². The molecule has 0 amide bonds. The van der Waals surface area contributed by atoms with Crippen LogP contribution in [0.3, 0.4) is 0 Å². The lowest BCUT2D eigenvalue weighted by molar-refractivity contribution is -0.143. The first-order valence-electron chi connectivity index (χ1n) is 10.3. The van der Waals surface area contributed by atoms with Crippen LogP contribution in [0.1, 0.15) is 37.3 Å². The third-order valence-electron chi connectivity index (χ3n) is 5.12. The molecule has 0 radical (unpaired) electrons. The topological polar surface area (TPSA) is 79.1 Å². The molecule has 1 atom stereocenters. The monoisotopic (exact) mass is 484 g/mol. The number of thiophene rings is 1. The van der Waals surface area contributed by atoms with Gasteiger partial charge < -0.3 is 14.2 Å². The Morgan fingerprint density at radius 3 is 2.61 bits per heavy atom. The summed E-state index contributed by atoms with van der Waals surface area (Å²) in [5.74, 6) is 0.650. The number of benzene rings is 1. The molecule has 0 spiro atoms. The number of fused-ring (bicyclic) bond motifs is 1. The van der Waals surface area contributed by atoms with Crippen molar-refractivity contribution in [3.63, 3.8) is 0 Å². The van der Waals surface area contributed by atoms with E-state index in [0.717, 1.165) is 4.88 Å². The first kappa shape index (κ1) is 23.0. The molecule has 172 valence electrons. The Morgan fingerprint density at radius 1 is 1.18 bits per heavy atom. The summed E-state index contributed by atoms with van der Waals surface area (Å²) >= 11 is 2.75. The molecule has 0 N–H and O–H groups in total. The van der Waals surface area contributed by atoms with Crippen molar-refractivity contribution in [2.75, 3.05) is 14.2 Å². The van der Waals surface area contributed by atoms with E-state index in [9.17, 15) is 9.59 Å². The lowest BCUT2D eigenvalue weighted by Crippen LogP contribution is -2.39. The molecule has 7 nitrogen and oxygen atoms in total. The predicted octanol–water partition coefficient (Wildman–Crippen LogP) is 3.27. The van der Waals surface area contributed by atoms with E-state index >= 15 is 0 Å². The zero-order chi connectivity index (χ0) is 23.7. The van der Waals surface area contributed by atoms with Crippen LogP contribution in [0.5, 0.6) is 11.5 Å². The maximum Gasteiger partial charge on any atom is 0.338 e. The molecule has 4 rings (SSSR count). The van der Waals surface area contributed by atoms with E-state index in [2.05, 4.69) is 4.99 Å². The summed E-state index contributed by atoms with van der Waals surface area (Å²) in [5.41, 5.74) is 1.41. The van der Waals surface area contributed by atoms with Crippen LogP contribution < -0.4 is 24.4 Å². The molecule has 3 heterocycles. The molecule has 0 saturated heterocycles. The number of ether oxygens (including phenoxy) is 3. The smallest absolute Gasteiger partial charge is 0.338 e. The van der Waals surface area contributed by atoms with Crippen LogP contribution in [-0.2, 0) is 9.53 Å². The zero-order valence-corrected chi connectivity index (χ0v) is 20.6. The molecule has 9 heteroatoms. The minimum atomic E-state index is -0.596. The van der Waals surface area contributed by atoms with Gasteiger partial charge >= 0.3 is 5.97 Å². The normalized spacial score (nSPS) is 15.9. The van der Waals surface area contributed by atoms with E-state index in [1.54, 1.807) is 51.7 Å². The van der Waals surface area contributed by atoms with E-state index in [-0.39, 0.29) is 11.7 Å². The number of carbonyl (C=O) groups excluding carboxylic acids is 1. The minimum absolute atomic E-state index is 0.232. The highest BCUT2D eigenvalue weighted by molar-refractivity contribution is 7.10. The summed E-state index contributed by atoms with van der Waals surface area (Å²) in [7, 11) is 3.13. The molecule has 0 aliphatic carbocycles. The second kappa shape index (κ2) is 9.36. The van der Waals surface area contributed by atoms with Crippen LogP contribution in [0, 0.1) is 0 Å². The molecule has 0 saturated carbocycles. The third-order valence-corrected chi connectivity index (χ3v) is 7.02. The predicted molar refractivity (Wildman–Crippen MR) is 129 cm³/mol. The zero-order valence-electron chi connectivity index (χ0n) is 18.9. The van der Waals surface area contributed by atoms with E-state index in [1.807, 2.05) is 29.6 Å². The van der Waals surface area contributed by atoms with Gasteiger partial charge in [0.15, 0.2) is 16.3 Å². The van der Waals surface area contributed by atoms with Gasteiger partial charge in [-0.05, 0) is 44.4 Å². The van der Waals surface area contributed by atoms with Crippen molar-refractivity contribution in [3.8, 4) is 11.5 Å². The molecule has 3 aromatic rings. The summed E-state index contributed by atoms with van der Waals surface area (Å²) < 4.78 is 18.5. The Kier molecular flexibility index (Phi) is 6.53. The Hall–Kier alpha value is -3.17. The molecule has 1 aromatic carbocycles. The molecule has 0 fully saturated rings. The van der Waals surface area contributed by atoms with Crippen LogP contribution in [0.2, 0.25) is 0 Å². The van der Waals surface area contributed by atoms with E-state index in [1.165, 1.54) is 22.7 Å². The standard InChI is InChI=1S/C24H24N2O5S2/c1-13(2)31-23(28)19-14(3)25-24-26(20(19)17-10-7-11-32-17)22(27)18(33-24)12-15-8-6-9-16(29-4)21(15)30-5/h6-13,20H,1-5H3. The van der Waals surface area contributed by atoms with Crippen LogP contribution >= 0.6 is 22.7 Å². The van der Waals surface area contributed by atoms with Crippen LogP contribution in [0.15, 0.2) is 56.8 Å². The van der Waals surface area contributed by atoms with Crippen molar-refractivity contribution >= 4 is 34.7 Å². The van der Waals surface area contributed by atoms with Crippen molar-refractivity contribution in [2.45, 2.75) is 32.9 Å². The fourth-order valence-corrected chi connectivity index (χ4v) is 5.60. The summed E-state index contributed by atoms with van der Waals surface area (Å²) in [6.07, 6.45) is 1.48. The number of aromatic nitrogens is 1. The fraction of sp³-hybridized carbons (Fsp3) is 0.292. The molecule has 1 aliphatic rings. The van der Waals surface area contributed by atoms with Gasteiger partial charge in [-0.3, -0.25) is 9.36 Å². The molecular formula is C24H24N2O5S2. The molecule has 33 heavy (non-hydrogen) atoms. The van der Waals surface area contributed by atoms with Gasteiger partial charge in [0.1, 0.15) is 6.04 Å². The number of methoxy groups -OCH3 is 2. The lowest BCUT2D eigenvalue weighted by Gasteiger charge is -2.24. The Labute approximate surface area is 198 Å². The summed E-state index contributed by atoms with van der Waals surface area (Å²) in [5, 5.41) is 1.92. The first-order valence-corrected chi connectivity index (χ1v) is 12.0. The Bertz CT molecular complexity index is 1400. The fourth-order valence-electron chi connectivity index (χ4n) is 3.74. The second-order valence-corrected chi connectivity index (χ2v) is 9.62. The highest BCUT2D eigenvalue weighted by atomic mass is 32.1. The molecular weight excluding hydrogens is 460 g/mol. The van der Waals surface area contributed by atoms with E-state index < -0.39 is 12.0 Å². The lowest BCUT2D eigenvalue weighted by atomic mass is 10.0. The van der Waals surface area contributed by atoms with Gasteiger partial charge in [-0.2, -0.15) is 0 Å². The average molecular weight is 485 g/mol. The van der Waals surface area contributed by atoms with Crippen molar-refractivity contribution in [1.29, 1.82) is 0 Å². The highest BCUT2D eigenvalue weighted by Crippen LogP contribution is 2.34. The van der Waals surface area contributed by atoms with Gasteiger partial charge in [0.05, 0.1) is 36.1 Å². The van der Waals surface area contributed by atoms with E-state index in [0.29, 0.717) is 37.7 Å². The van der Waals surface area contributed by atoms with Gasteiger partial charge in [-0.25, -0.2) is 9.79 Å². The summed E-state index contributed by atoms with van der Waals surface area (Å²) in [6, 6.07) is 8.71. The highest BCUT2D eigenvalue weighted by Gasteiger charge is 2.34. The van der Waals surface area contributed by atoms with Crippen molar-refractivity contribution in [3.05, 3.63) is 77.1 Å². The maximum atomic E-state index is 13.6. The number of esters is 1. The first-order chi connectivity index (χ1) is 15.8. The molecule has 1 aliphatic heterocycles. The molecule has 1 unspecified atom stereocenters. The third kappa shape index (κ3) is 4.26. The minimum Gasteiger partial charge on any atom is -0.493 e. The number of carbonyl (C=O) groups is 1. The molecule has 0 bridgehead atoms. The Balaban J connectivity index is 1.94. The van der Waals surface area contributed by atoms with Crippen LogP contribution in [-0.4, -0.2) is 30.9 Å². The van der Waals surface area contributed by atoms with Crippen molar-refractivity contribution in [2.24, 2.45) is 4.99 Å². The van der Waals surface area contributed by atoms with Crippen molar-refractivity contribution < 1.29 is 19.0 Å². The van der Waals surface area contributed by atoms with Gasteiger partial charge in [-0.15, -0.1) is 11.3 Å².